The van der Waals surface area contributed by atoms with E-state index in [1.165, 1.54) is 7.05 Å². The van der Waals surface area contributed by atoms with Crippen LogP contribution in [0.25, 0.3) is 5.57 Å². The van der Waals surface area contributed by atoms with E-state index in [0.29, 0.717) is 5.57 Å². The first-order valence-electron chi connectivity index (χ1n) is 3.37. The highest BCUT2D eigenvalue weighted by atomic mass is 19.3. The lowest BCUT2D eigenvalue weighted by Crippen LogP contribution is -1.98. The third-order valence-electron chi connectivity index (χ3n) is 1.37. The fourth-order valence-corrected chi connectivity index (χ4v) is 0.767. The maximum atomic E-state index is 12.2. The number of allylic oxidation sites excluding steroid dienone is 1. The maximum absolute atomic E-state index is 12.2. The SMILES string of the molecule is C=C(C)c1nc(C(F)F)n(C)n1. The molecular formula is C7H9F2N3. The van der Waals surface area contributed by atoms with E-state index >= 15 is 0 Å². The Morgan fingerprint density at radius 2 is 2.17 bits per heavy atom. The van der Waals surface area contributed by atoms with E-state index in [9.17, 15) is 8.78 Å². The average molecular weight is 173 g/mol. The number of hydrogen-bond acceptors (Lipinski definition) is 2. The summed E-state index contributed by atoms with van der Waals surface area (Å²) in [5.74, 6) is -0.0548. The molecule has 1 aromatic rings. The molecule has 0 unspecified atom stereocenters. The van der Waals surface area contributed by atoms with Crippen molar-refractivity contribution in [3.05, 3.63) is 18.2 Å². The third kappa shape index (κ3) is 1.49. The number of aromatic nitrogens is 3. The van der Waals surface area contributed by atoms with E-state index in [1.807, 2.05) is 0 Å². The van der Waals surface area contributed by atoms with Crippen LogP contribution in [0.5, 0.6) is 0 Å². The second-order valence-electron chi connectivity index (χ2n) is 2.50. The van der Waals surface area contributed by atoms with Gasteiger partial charge in [0.1, 0.15) is 0 Å². The number of aryl methyl sites for hydroxylation is 1. The summed E-state index contributed by atoms with van der Waals surface area (Å²) >= 11 is 0. The summed E-state index contributed by atoms with van der Waals surface area (Å²) in [6.07, 6.45) is -2.59. The van der Waals surface area contributed by atoms with Crippen molar-refractivity contribution in [3.63, 3.8) is 0 Å². The summed E-state index contributed by atoms with van der Waals surface area (Å²) in [6, 6.07) is 0. The molecule has 0 spiro atoms. The fourth-order valence-electron chi connectivity index (χ4n) is 0.767. The average Bonchev–Trinajstić information content (AvgIpc) is 2.30. The molecule has 1 aromatic heterocycles. The molecule has 0 atom stereocenters. The molecule has 0 aliphatic carbocycles. The van der Waals surface area contributed by atoms with E-state index in [2.05, 4.69) is 16.7 Å². The maximum Gasteiger partial charge on any atom is 0.297 e. The summed E-state index contributed by atoms with van der Waals surface area (Å²) in [5.41, 5.74) is 0.581. The van der Waals surface area contributed by atoms with Gasteiger partial charge in [-0.3, -0.25) is 0 Å². The van der Waals surface area contributed by atoms with E-state index in [4.69, 9.17) is 0 Å². The topological polar surface area (TPSA) is 30.7 Å². The van der Waals surface area contributed by atoms with Crippen molar-refractivity contribution < 1.29 is 8.78 Å². The highest BCUT2D eigenvalue weighted by molar-refractivity contribution is 5.53. The van der Waals surface area contributed by atoms with Gasteiger partial charge in [-0.15, -0.1) is 0 Å². The monoisotopic (exact) mass is 173 g/mol. The van der Waals surface area contributed by atoms with Gasteiger partial charge in [0.2, 0.25) is 0 Å². The minimum absolute atomic E-state index is 0.271. The van der Waals surface area contributed by atoms with E-state index in [1.54, 1.807) is 6.92 Å². The summed E-state index contributed by atoms with van der Waals surface area (Å²) in [6.45, 7) is 5.23. The van der Waals surface area contributed by atoms with Crippen LogP contribution in [0, 0.1) is 0 Å². The quantitative estimate of drug-likeness (QED) is 0.682. The molecule has 1 heterocycles. The summed E-state index contributed by atoms with van der Waals surface area (Å²) < 4.78 is 25.4. The van der Waals surface area contributed by atoms with Crippen LogP contribution in [0.1, 0.15) is 25.0 Å². The van der Waals surface area contributed by atoms with Crippen molar-refractivity contribution in [2.24, 2.45) is 7.05 Å². The van der Waals surface area contributed by atoms with Gasteiger partial charge in [0.15, 0.2) is 11.6 Å². The van der Waals surface area contributed by atoms with E-state index in [-0.39, 0.29) is 11.6 Å². The molecule has 0 aliphatic rings. The lowest BCUT2D eigenvalue weighted by Gasteiger charge is -1.94. The van der Waals surface area contributed by atoms with Gasteiger partial charge < -0.3 is 0 Å². The Labute approximate surface area is 68.7 Å². The Balaban J connectivity index is 3.09. The van der Waals surface area contributed by atoms with Crippen molar-refractivity contribution >= 4 is 5.57 Å². The van der Waals surface area contributed by atoms with Crippen LogP contribution in [-0.2, 0) is 7.05 Å². The van der Waals surface area contributed by atoms with Gasteiger partial charge in [0.25, 0.3) is 6.43 Å². The van der Waals surface area contributed by atoms with Crippen molar-refractivity contribution in [3.8, 4) is 0 Å². The molecule has 0 saturated carbocycles. The molecule has 0 amide bonds. The molecule has 0 saturated heterocycles. The second kappa shape index (κ2) is 3.00. The molecule has 3 nitrogen and oxygen atoms in total. The Morgan fingerprint density at radius 1 is 1.58 bits per heavy atom. The lowest BCUT2D eigenvalue weighted by molar-refractivity contribution is 0.135. The Hall–Kier alpha value is -1.26. The highest BCUT2D eigenvalue weighted by Crippen LogP contribution is 2.17. The molecule has 0 N–H and O–H groups in total. The van der Waals surface area contributed by atoms with Crippen molar-refractivity contribution in [2.75, 3.05) is 0 Å². The molecule has 0 aliphatic heterocycles. The number of rotatable bonds is 2. The number of alkyl halides is 2. The standard InChI is InChI=1S/C7H9F2N3/c1-4(2)6-10-7(5(8)9)12(3)11-6/h5H,1H2,2-3H3. The minimum atomic E-state index is -2.59. The normalized spacial score (nSPS) is 10.8. The Bertz CT molecular complexity index is 304. The Kier molecular flexibility index (Phi) is 2.21. The van der Waals surface area contributed by atoms with Crippen molar-refractivity contribution in [1.82, 2.24) is 14.8 Å². The molecule has 0 bridgehead atoms. The summed E-state index contributed by atoms with van der Waals surface area (Å²) in [7, 11) is 1.43. The summed E-state index contributed by atoms with van der Waals surface area (Å²) in [5, 5.41) is 3.76. The fraction of sp³-hybridized carbons (Fsp3) is 0.429. The molecule has 5 heteroatoms. The first-order chi connectivity index (χ1) is 5.52. The van der Waals surface area contributed by atoms with Gasteiger partial charge in [-0.25, -0.2) is 18.4 Å². The first-order valence-corrected chi connectivity index (χ1v) is 3.37. The lowest BCUT2D eigenvalue weighted by atomic mass is 10.3. The second-order valence-corrected chi connectivity index (χ2v) is 2.50. The van der Waals surface area contributed by atoms with Crippen LogP contribution < -0.4 is 0 Å². The van der Waals surface area contributed by atoms with Crippen molar-refractivity contribution in [2.45, 2.75) is 13.3 Å². The van der Waals surface area contributed by atoms with Gasteiger partial charge in [0.05, 0.1) is 0 Å². The van der Waals surface area contributed by atoms with E-state index in [0.717, 1.165) is 4.68 Å². The summed E-state index contributed by atoms with van der Waals surface area (Å²) in [4.78, 5) is 3.61. The zero-order valence-electron chi connectivity index (χ0n) is 6.88. The zero-order valence-corrected chi connectivity index (χ0v) is 6.88. The van der Waals surface area contributed by atoms with Crippen molar-refractivity contribution in [1.29, 1.82) is 0 Å². The number of halogens is 2. The number of nitrogens with zero attached hydrogens (tertiary/aromatic N) is 3. The van der Waals surface area contributed by atoms with Crippen LogP contribution in [-0.4, -0.2) is 14.8 Å². The van der Waals surface area contributed by atoms with Crippen LogP contribution in [0.2, 0.25) is 0 Å². The number of hydrogen-bond donors (Lipinski definition) is 0. The van der Waals surface area contributed by atoms with Crippen LogP contribution in [0.4, 0.5) is 8.78 Å². The molecule has 1 rings (SSSR count). The predicted molar refractivity (Wildman–Crippen MR) is 40.7 cm³/mol. The van der Waals surface area contributed by atoms with Gasteiger partial charge in [-0.2, -0.15) is 5.10 Å². The van der Waals surface area contributed by atoms with Gasteiger partial charge in [0, 0.05) is 7.05 Å². The van der Waals surface area contributed by atoms with E-state index < -0.39 is 6.43 Å². The van der Waals surface area contributed by atoms with Crippen LogP contribution in [0.3, 0.4) is 0 Å². The molecule has 0 fully saturated rings. The molecule has 0 aromatic carbocycles. The van der Waals surface area contributed by atoms with Gasteiger partial charge in [-0.1, -0.05) is 6.58 Å². The minimum Gasteiger partial charge on any atom is -0.248 e. The van der Waals surface area contributed by atoms with Gasteiger partial charge >= 0.3 is 0 Å². The van der Waals surface area contributed by atoms with Crippen LogP contribution in [0.15, 0.2) is 6.58 Å². The Morgan fingerprint density at radius 3 is 2.42 bits per heavy atom. The molecule has 12 heavy (non-hydrogen) atoms. The molecule has 66 valence electrons. The highest BCUT2D eigenvalue weighted by Gasteiger charge is 2.16. The van der Waals surface area contributed by atoms with Crippen LogP contribution >= 0.6 is 0 Å². The predicted octanol–water partition coefficient (Wildman–Crippen LogP) is 1.79. The first kappa shape index (κ1) is 8.83. The zero-order chi connectivity index (χ0) is 9.30. The molecular weight excluding hydrogens is 164 g/mol. The third-order valence-corrected chi connectivity index (χ3v) is 1.37. The smallest absolute Gasteiger partial charge is 0.248 e. The van der Waals surface area contributed by atoms with Gasteiger partial charge in [-0.05, 0) is 12.5 Å². The molecule has 0 radical (unpaired) electrons. The largest absolute Gasteiger partial charge is 0.297 e.